The van der Waals surface area contributed by atoms with E-state index in [-0.39, 0.29) is 17.6 Å². The van der Waals surface area contributed by atoms with Gasteiger partial charge in [0.25, 0.3) is 5.56 Å². The average molecular weight is 399 g/mol. The van der Waals surface area contributed by atoms with Gasteiger partial charge in [-0.05, 0) is 51.1 Å². The van der Waals surface area contributed by atoms with Crippen LogP contribution < -0.4 is 10.9 Å². The minimum atomic E-state index is -0.426. The molecule has 0 aliphatic rings. The first-order valence-corrected chi connectivity index (χ1v) is 9.48. The van der Waals surface area contributed by atoms with Crippen LogP contribution in [0.2, 0.25) is 5.02 Å². The number of nitrogens with one attached hydrogen (secondary N) is 1. The highest BCUT2D eigenvalue weighted by Crippen LogP contribution is 2.24. The SMILES string of the molecule is CC(C)N(C(=O)Nc1ccccc1)C(C)c1nc2cc(Cl)ccc2c(=O)n1C. The summed E-state index contributed by atoms with van der Waals surface area (Å²) in [5.74, 6) is 0.497. The molecule has 2 amide bonds. The number of aromatic nitrogens is 2. The average Bonchev–Trinajstić information content (AvgIpc) is 2.65. The highest BCUT2D eigenvalue weighted by atomic mass is 35.5. The van der Waals surface area contributed by atoms with Crippen LogP contribution in [-0.2, 0) is 7.05 Å². The van der Waals surface area contributed by atoms with E-state index in [2.05, 4.69) is 10.3 Å². The minimum absolute atomic E-state index is 0.106. The Kier molecular flexibility index (Phi) is 5.70. The second kappa shape index (κ2) is 8.02. The van der Waals surface area contributed by atoms with Gasteiger partial charge in [-0.3, -0.25) is 9.36 Å². The van der Waals surface area contributed by atoms with Gasteiger partial charge in [0.15, 0.2) is 0 Å². The van der Waals surface area contributed by atoms with Gasteiger partial charge >= 0.3 is 6.03 Å². The Morgan fingerprint density at radius 1 is 1.14 bits per heavy atom. The molecule has 0 fully saturated rings. The van der Waals surface area contributed by atoms with Crippen LogP contribution in [0.5, 0.6) is 0 Å². The van der Waals surface area contributed by atoms with Crippen LogP contribution in [-0.4, -0.2) is 26.5 Å². The fraction of sp³-hybridized carbons (Fsp3) is 0.286. The Morgan fingerprint density at radius 2 is 1.82 bits per heavy atom. The molecule has 0 saturated carbocycles. The lowest BCUT2D eigenvalue weighted by molar-refractivity contribution is 0.168. The van der Waals surface area contributed by atoms with Gasteiger partial charge in [-0.15, -0.1) is 0 Å². The zero-order valence-electron chi connectivity index (χ0n) is 16.3. The molecule has 0 bridgehead atoms. The van der Waals surface area contributed by atoms with Gasteiger partial charge in [0.2, 0.25) is 0 Å². The fourth-order valence-corrected chi connectivity index (χ4v) is 3.49. The molecule has 6 nitrogen and oxygen atoms in total. The Bertz CT molecular complexity index is 1060. The second-order valence-corrected chi connectivity index (χ2v) is 7.41. The molecule has 1 N–H and O–H groups in total. The number of amides is 2. The lowest BCUT2D eigenvalue weighted by Crippen LogP contribution is -2.43. The number of hydrogen-bond donors (Lipinski definition) is 1. The van der Waals surface area contributed by atoms with Crippen molar-refractivity contribution in [1.29, 1.82) is 0 Å². The molecular formula is C21H23ClN4O2. The molecule has 7 heteroatoms. The van der Waals surface area contributed by atoms with Crippen LogP contribution in [0.3, 0.4) is 0 Å². The molecule has 1 atom stereocenters. The van der Waals surface area contributed by atoms with Crippen LogP contribution in [0.25, 0.3) is 10.9 Å². The number of carbonyl (C=O) groups is 1. The number of carbonyl (C=O) groups excluding carboxylic acids is 1. The fourth-order valence-electron chi connectivity index (χ4n) is 3.33. The minimum Gasteiger partial charge on any atom is -0.312 e. The summed E-state index contributed by atoms with van der Waals surface area (Å²) in [7, 11) is 1.67. The molecule has 0 radical (unpaired) electrons. The number of nitrogens with zero attached hydrogens (tertiary/aromatic N) is 3. The van der Waals surface area contributed by atoms with Crippen molar-refractivity contribution in [1.82, 2.24) is 14.5 Å². The van der Waals surface area contributed by atoms with Crippen LogP contribution in [0.15, 0.2) is 53.3 Å². The van der Waals surface area contributed by atoms with E-state index in [0.29, 0.717) is 27.4 Å². The summed E-state index contributed by atoms with van der Waals surface area (Å²) in [5.41, 5.74) is 1.05. The predicted octanol–water partition coefficient (Wildman–Crippen LogP) is 4.59. The van der Waals surface area contributed by atoms with Crippen molar-refractivity contribution >= 4 is 34.2 Å². The van der Waals surface area contributed by atoms with E-state index < -0.39 is 6.04 Å². The van der Waals surface area contributed by atoms with E-state index in [4.69, 9.17) is 11.6 Å². The van der Waals surface area contributed by atoms with Crippen molar-refractivity contribution in [2.24, 2.45) is 7.05 Å². The van der Waals surface area contributed by atoms with E-state index in [0.717, 1.165) is 0 Å². The Hall–Kier alpha value is -2.86. The largest absolute Gasteiger partial charge is 0.322 e. The number of rotatable bonds is 4. The van der Waals surface area contributed by atoms with Crippen molar-refractivity contribution < 1.29 is 4.79 Å². The molecule has 3 rings (SSSR count). The molecule has 0 aliphatic carbocycles. The normalized spacial score (nSPS) is 12.2. The van der Waals surface area contributed by atoms with Gasteiger partial charge in [0, 0.05) is 23.8 Å². The number of hydrogen-bond acceptors (Lipinski definition) is 3. The maximum atomic E-state index is 13.0. The highest BCUT2D eigenvalue weighted by molar-refractivity contribution is 6.31. The molecule has 146 valence electrons. The molecule has 0 saturated heterocycles. The van der Waals surface area contributed by atoms with Crippen molar-refractivity contribution in [3.63, 3.8) is 0 Å². The first-order chi connectivity index (χ1) is 13.3. The molecule has 3 aromatic rings. The predicted molar refractivity (Wildman–Crippen MR) is 113 cm³/mol. The van der Waals surface area contributed by atoms with Gasteiger partial charge in [0.05, 0.1) is 16.9 Å². The number of fused-ring (bicyclic) bond motifs is 1. The molecule has 0 aliphatic heterocycles. The van der Waals surface area contributed by atoms with E-state index in [1.807, 2.05) is 51.1 Å². The number of urea groups is 1. The summed E-state index contributed by atoms with van der Waals surface area (Å²) in [6, 6.07) is 13.5. The van der Waals surface area contributed by atoms with Crippen molar-refractivity contribution in [2.75, 3.05) is 5.32 Å². The molecule has 1 unspecified atom stereocenters. The van der Waals surface area contributed by atoms with Crippen LogP contribution >= 0.6 is 11.6 Å². The number of benzene rings is 2. The molecule has 28 heavy (non-hydrogen) atoms. The zero-order valence-corrected chi connectivity index (χ0v) is 17.1. The van der Waals surface area contributed by atoms with Gasteiger partial charge in [-0.1, -0.05) is 29.8 Å². The quantitative estimate of drug-likeness (QED) is 0.698. The lowest BCUT2D eigenvalue weighted by atomic mass is 10.2. The van der Waals surface area contributed by atoms with E-state index in [1.165, 1.54) is 4.57 Å². The molecule has 0 spiro atoms. The summed E-state index contributed by atoms with van der Waals surface area (Å²) < 4.78 is 1.49. The molecule has 2 aromatic carbocycles. The maximum absolute atomic E-state index is 13.0. The first kappa shape index (κ1) is 19.9. The third kappa shape index (κ3) is 3.87. The topological polar surface area (TPSA) is 67.2 Å². The van der Waals surface area contributed by atoms with Crippen LogP contribution in [0.1, 0.15) is 32.6 Å². The van der Waals surface area contributed by atoms with E-state index in [1.54, 1.807) is 30.1 Å². The summed E-state index contributed by atoms with van der Waals surface area (Å²) >= 11 is 6.07. The van der Waals surface area contributed by atoms with Gasteiger partial charge < -0.3 is 10.2 Å². The van der Waals surface area contributed by atoms with E-state index >= 15 is 0 Å². The van der Waals surface area contributed by atoms with Crippen LogP contribution in [0, 0.1) is 0 Å². The summed E-state index contributed by atoms with van der Waals surface area (Å²) in [4.78, 5) is 32.1. The Labute approximate surface area is 168 Å². The van der Waals surface area contributed by atoms with Crippen molar-refractivity contribution in [3.8, 4) is 0 Å². The monoisotopic (exact) mass is 398 g/mol. The van der Waals surface area contributed by atoms with E-state index in [9.17, 15) is 9.59 Å². The summed E-state index contributed by atoms with van der Waals surface area (Å²) in [6.45, 7) is 5.72. The number of halogens is 1. The molecular weight excluding hydrogens is 376 g/mol. The zero-order chi connectivity index (χ0) is 20.4. The lowest BCUT2D eigenvalue weighted by Gasteiger charge is -2.33. The van der Waals surface area contributed by atoms with Gasteiger partial charge in [0.1, 0.15) is 5.82 Å². The third-order valence-corrected chi connectivity index (χ3v) is 4.92. The second-order valence-electron chi connectivity index (χ2n) is 6.97. The first-order valence-electron chi connectivity index (χ1n) is 9.10. The van der Waals surface area contributed by atoms with Crippen molar-refractivity contribution in [2.45, 2.75) is 32.9 Å². The molecule has 1 aromatic heterocycles. The Balaban J connectivity index is 2.02. The smallest absolute Gasteiger partial charge is 0.312 e. The highest BCUT2D eigenvalue weighted by Gasteiger charge is 2.27. The maximum Gasteiger partial charge on any atom is 0.322 e. The number of para-hydroxylation sites is 1. The summed E-state index contributed by atoms with van der Waals surface area (Å²) in [5, 5.41) is 3.91. The molecule has 1 heterocycles. The van der Waals surface area contributed by atoms with Gasteiger partial charge in [-0.2, -0.15) is 0 Å². The van der Waals surface area contributed by atoms with Gasteiger partial charge in [-0.25, -0.2) is 9.78 Å². The standard InChI is InChI=1S/C21H23ClN4O2/c1-13(2)26(21(28)23-16-8-6-5-7-9-16)14(3)19-24-18-12-15(22)10-11-17(18)20(27)25(19)4/h5-14H,1-4H3,(H,23,28). The summed E-state index contributed by atoms with van der Waals surface area (Å²) in [6.07, 6.45) is 0. The van der Waals surface area contributed by atoms with Crippen molar-refractivity contribution in [3.05, 3.63) is 69.7 Å². The third-order valence-electron chi connectivity index (χ3n) is 4.68. The number of anilines is 1. The van der Waals surface area contributed by atoms with Crippen LogP contribution in [0.4, 0.5) is 10.5 Å². The Morgan fingerprint density at radius 3 is 2.46 bits per heavy atom.